The molecule has 0 atom stereocenters. The number of aliphatic carboxylic acids is 1. The third-order valence-corrected chi connectivity index (χ3v) is 4.76. The van der Waals surface area contributed by atoms with Crippen molar-refractivity contribution in [2.75, 3.05) is 19.6 Å². The van der Waals surface area contributed by atoms with E-state index in [2.05, 4.69) is 0 Å². The number of fused-ring (bicyclic) bond motifs is 1. The molecule has 1 saturated heterocycles. The molecule has 0 aromatic heterocycles. The Morgan fingerprint density at radius 1 is 1.12 bits per heavy atom. The summed E-state index contributed by atoms with van der Waals surface area (Å²) in [4.78, 5) is 50.4. The second-order valence-corrected chi connectivity index (χ2v) is 6.46. The van der Waals surface area contributed by atoms with Crippen molar-refractivity contribution >= 4 is 23.7 Å². The van der Waals surface area contributed by atoms with Crippen LogP contribution in [0.2, 0.25) is 0 Å². The normalized spacial score (nSPS) is 19.1. The number of carboxylic acid groups (broad SMARTS) is 1. The summed E-state index contributed by atoms with van der Waals surface area (Å²) < 4.78 is 0. The van der Waals surface area contributed by atoms with E-state index < -0.39 is 35.8 Å². The molecule has 2 aliphatic rings. The Morgan fingerprint density at radius 2 is 1.72 bits per heavy atom. The van der Waals surface area contributed by atoms with Crippen LogP contribution in [0.3, 0.4) is 0 Å². The smallest absolute Gasteiger partial charge is 0.335 e. The van der Waals surface area contributed by atoms with Gasteiger partial charge in [0.05, 0.1) is 11.1 Å². The molecule has 0 radical (unpaired) electrons. The van der Waals surface area contributed by atoms with E-state index in [0.717, 1.165) is 10.5 Å². The summed E-state index contributed by atoms with van der Waals surface area (Å²) in [6, 6.07) is 4.92. The molecule has 0 unspecified atom stereocenters. The average molecular weight is 346 g/mol. The van der Waals surface area contributed by atoms with Gasteiger partial charge in [-0.05, 0) is 19.1 Å². The van der Waals surface area contributed by atoms with Crippen LogP contribution in [0.25, 0.3) is 0 Å². The number of aliphatic hydroxyl groups is 1. The maximum absolute atomic E-state index is 12.4. The minimum atomic E-state index is -1.83. The van der Waals surface area contributed by atoms with Gasteiger partial charge < -0.3 is 15.1 Å². The van der Waals surface area contributed by atoms with Gasteiger partial charge in [-0.2, -0.15) is 0 Å². The van der Waals surface area contributed by atoms with Crippen LogP contribution in [0.4, 0.5) is 0 Å². The lowest BCUT2D eigenvalue weighted by molar-refractivity contribution is -0.165. The van der Waals surface area contributed by atoms with Gasteiger partial charge in [-0.25, -0.2) is 4.79 Å². The van der Waals surface area contributed by atoms with Crippen molar-refractivity contribution in [3.63, 3.8) is 0 Å². The number of piperidine rings is 1. The summed E-state index contributed by atoms with van der Waals surface area (Å²) in [5, 5.41) is 18.9. The van der Waals surface area contributed by atoms with E-state index in [1.54, 1.807) is 18.2 Å². The lowest BCUT2D eigenvalue weighted by atomic mass is 9.91. The summed E-state index contributed by atoms with van der Waals surface area (Å²) in [5.41, 5.74) is -0.417. The third-order valence-electron chi connectivity index (χ3n) is 4.76. The van der Waals surface area contributed by atoms with E-state index in [-0.39, 0.29) is 37.1 Å². The molecule has 1 aromatic rings. The average Bonchev–Trinajstić information content (AvgIpc) is 2.80. The molecule has 0 saturated carbocycles. The third kappa shape index (κ3) is 2.89. The van der Waals surface area contributed by atoms with Gasteiger partial charge in [0.2, 0.25) is 5.91 Å². The second kappa shape index (κ2) is 5.96. The van der Waals surface area contributed by atoms with Crippen molar-refractivity contribution in [1.82, 2.24) is 9.80 Å². The quantitative estimate of drug-likeness (QED) is 0.746. The van der Waals surface area contributed by atoms with Crippen molar-refractivity contribution in [1.29, 1.82) is 0 Å². The number of rotatable bonds is 3. The van der Waals surface area contributed by atoms with Crippen molar-refractivity contribution in [3.8, 4) is 0 Å². The van der Waals surface area contributed by atoms with Crippen molar-refractivity contribution in [2.45, 2.75) is 25.4 Å². The number of nitrogens with zero attached hydrogens (tertiary/aromatic N) is 2. The molecule has 8 nitrogen and oxygen atoms in total. The number of carboxylic acids is 1. The summed E-state index contributed by atoms with van der Waals surface area (Å²) in [5.74, 6) is -2.77. The van der Waals surface area contributed by atoms with Crippen LogP contribution in [-0.2, 0) is 9.59 Å². The van der Waals surface area contributed by atoms with Gasteiger partial charge in [0, 0.05) is 25.9 Å². The minimum Gasteiger partial charge on any atom is -0.479 e. The first kappa shape index (κ1) is 17.1. The van der Waals surface area contributed by atoms with E-state index in [1.807, 2.05) is 6.92 Å². The highest BCUT2D eigenvalue weighted by molar-refractivity contribution is 6.22. The Balaban J connectivity index is 1.68. The Kier molecular flexibility index (Phi) is 4.08. The van der Waals surface area contributed by atoms with Gasteiger partial charge in [0.1, 0.15) is 6.54 Å². The van der Waals surface area contributed by atoms with Gasteiger partial charge in [-0.1, -0.05) is 11.6 Å². The van der Waals surface area contributed by atoms with E-state index in [9.17, 15) is 24.3 Å². The van der Waals surface area contributed by atoms with Crippen LogP contribution in [0.5, 0.6) is 0 Å². The van der Waals surface area contributed by atoms with E-state index in [1.165, 1.54) is 4.90 Å². The van der Waals surface area contributed by atoms with Gasteiger partial charge in [-0.3, -0.25) is 19.3 Å². The molecular weight excluding hydrogens is 328 g/mol. The molecule has 8 heteroatoms. The predicted molar refractivity (Wildman–Crippen MR) is 84.9 cm³/mol. The molecule has 132 valence electrons. The second-order valence-electron chi connectivity index (χ2n) is 6.46. The zero-order chi connectivity index (χ0) is 18.4. The van der Waals surface area contributed by atoms with Gasteiger partial charge in [-0.15, -0.1) is 0 Å². The first-order chi connectivity index (χ1) is 11.7. The minimum absolute atomic E-state index is 0.0594. The van der Waals surface area contributed by atoms with Crippen molar-refractivity contribution in [3.05, 3.63) is 34.9 Å². The van der Waals surface area contributed by atoms with E-state index in [4.69, 9.17) is 5.11 Å². The Bertz CT molecular complexity index is 779. The number of aryl methyl sites for hydroxylation is 1. The Labute approximate surface area is 143 Å². The number of likely N-dealkylation sites (tertiary alicyclic amines) is 1. The fourth-order valence-corrected chi connectivity index (χ4v) is 3.12. The van der Waals surface area contributed by atoms with Crippen LogP contribution in [0, 0.1) is 6.92 Å². The lowest BCUT2D eigenvalue weighted by Crippen LogP contribution is -2.52. The highest BCUT2D eigenvalue weighted by Gasteiger charge is 2.42. The predicted octanol–water partition coefficient (Wildman–Crippen LogP) is 0.0291. The summed E-state index contributed by atoms with van der Waals surface area (Å²) in [6.07, 6.45) is -0.176. The molecule has 2 aliphatic heterocycles. The van der Waals surface area contributed by atoms with Crippen LogP contribution < -0.4 is 0 Å². The largest absolute Gasteiger partial charge is 0.479 e. The zero-order valence-electron chi connectivity index (χ0n) is 13.7. The monoisotopic (exact) mass is 346 g/mol. The maximum atomic E-state index is 12.4. The van der Waals surface area contributed by atoms with Gasteiger partial charge >= 0.3 is 5.97 Å². The molecule has 3 amide bonds. The molecule has 2 heterocycles. The number of hydrogen-bond acceptors (Lipinski definition) is 5. The highest BCUT2D eigenvalue weighted by atomic mass is 16.4. The molecule has 1 aromatic carbocycles. The number of carbonyl (C=O) groups is 4. The summed E-state index contributed by atoms with van der Waals surface area (Å²) in [7, 11) is 0. The summed E-state index contributed by atoms with van der Waals surface area (Å²) in [6.45, 7) is 1.54. The van der Waals surface area contributed by atoms with Crippen LogP contribution in [0.15, 0.2) is 18.2 Å². The lowest BCUT2D eigenvalue weighted by Gasteiger charge is -2.35. The number of imide groups is 1. The van der Waals surface area contributed by atoms with Crippen LogP contribution >= 0.6 is 0 Å². The van der Waals surface area contributed by atoms with Crippen LogP contribution in [-0.4, -0.2) is 68.9 Å². The Morgan fingerprint density at radius 3 is 2.32 bits per heavy atom. The highest BCUT2D eigenvalue weighted by Crippen LogP contribution is 2.25. The van der Waals surface area contributed by atoms with Crippen molar-refractivity contribution in [2.24, 2.45) is 0 Å². The number of hydrogen-bond donors (Lipinski definition) is 2. The number of carbonyl (C=O) groups excluding carboxylic acids is 3. The van der Waals surface area contributed by atoms with E-state index >= 15 is 0 Å². The molecule has 3 rings (SSSR count). The standard InChI is InChI=1S/C17H18N2O6/c1-10-2-3-11-12(8-10)15(22)19(14(11)21)9-13(20)18-6-4-17(25,5-7-18)16(23)24/h2-3,8,25H,4-7,9H2,1H3,(H,23,24). The molecule has 1 fully saturated rings. The van der Waals surface area contributed by atoms with Gasteiger partial charge in [0.15, 0.2) is 5.60 Å². The zero-order valence-corrected chi connectivity index (χ0v) is 13.7. The topological polar surface area (TPSA) is 115 Å². The Hall–Kier alpha value is -2.74. The SMILES string of the molecule is Cc1ccc2c(c1)C(=O)N(CC(=O)N1CCC(O)(C(=O)O)CC1)C2=O. The first-order valence-electron chi connectivity index (χ1n) is 7.93. The number of benzene rings is 1. The molecule has 25 heavy (non-hydrogen) atoms. The van der Waals surface area contributed by atoms with Crippen LogP contribution in [0.1, 0.15) is 39.1 Å². The summed E-state index contributed by atoms with van der Waals surface area (Å²) >= 11 is 0. The molecular formula is C17H18N2O6. The maximum Gasteiger partial charge on any atom is 0.335 e. The number of amides is 3. The molecule has 0 bridgehead atoms. The fourth-order valence-electron chi connectivity index (χ4n) is 3.12. The van der Waals surface area contributed by atoms with Crippen molar-refractivity contribution < 1.29 is 29.4 Å². The molecule has 0 spiro atoms. The molecule has 2 N–H and O–H groups in total. The van der Waals surface area contributed by atoms with Gasteiger partial charge in [0.25, 0.3) is 11.8 Å². The fraction of sp³-hybridized carbons (Fsp3) is 0.412. The molecule has 0 aliphatic carbocycles. The van der Waals surface area contributed by atoms with E-state index in [0.29, 0.717) is 0 Å². The first-order valence-corrected chi connectivity index (χ1v) is 7.93.